The zero-order valence-electron chi connectivity index (χ0n) is 16.0. The Morgan fingerprint density at radius 1 is 0.929 bits per heavy atom. The van der Waals surface area contributed by atoms with E-state index in [0.29, 0.717) is 37.9 Å². The topological polar surface area (TPSA) is 36.9 Å². The number of hydrogen-bond acceptors (Lipinski definition) is 4. The minimum absolute atomic E-state index is 0.195. The van der Waals surface area contributed by atoms with Crippen LogP contribution < -0.4 is 0 Å². The fraction of sp³-hybridized carbons (Fsp3) is 0.619. The lowest BCUT2D eigenvalue weighted by atomic mass is 10.0. The molecule has 0 N–H and O–H groups in total. The molecule has 4 nitrogen and oxygen atoms in total. The Bertz CT molecular complexity index is 614. The molecule has 2 heterocycles. The van der Waals surface area contributed by atoms with E-state index in [1.54, 1.807) is 0 Å². The summed E-state index contributed by atoms with van der Waals surface area (Å²) in [7, 11) is 0. The molecule has 0 unspecified atom stereocenters. The largest absolute Gasteiger partial charge is 0.416 e. The zero-order chi connectivity index (χ0) is 20.0. The molecule has 1 aromatic carbocycles. The van der Waals surface area contributed by atoms with Crippen molar-refractivity contribution in [2.75, 3.05) is 26.4 Å². The normalized spacial score (nSPS) is 29.3. The van der Waals surface area contributed by atoms with Gasteiger partial charge in [0.05, 0.1) is 32.0 Å². The molecule has 2 aliphatic rings. The van der Waals surface area contributed by atoms with E-state index in [0.717, 1.165) is 31.4 Å². The summed E-state index contributed by atoms with van der Waals surface area (Å²) in [5, 5.41) is 0. The molecule has 2 fully saturated rings. The van der Waals surface area contributed by atoms with Crippen LogP contribution in [-0.2, 0) is 25.1 Å². The van der Waals surface area contributed by atoms with Gasteiger partial charge in [0.25, 0.3) is 0 Å². The van der Waals surface area contributed by atoms with Gasteiger partial charge in [-0.3, -0.25) is 0 Å². The van der Waals surface area contributed by atoms with Gasteiger partial charge < -0.3 is 18.9 Å². The molecule has 156 valence electrons. The van der Waals surface area contributed by atoms with Crippen molar-refractivity contribution in [3.8, 4) is 0 Å². The molecule has 0 aromatic heterocycles. The second-order valence-corrected chi connectivity index (χ2v) is 7.25. The first-order valence-corrected chi connectivity index (χ1v) is 9.76. The Morgan fingerprint density at radius 3 is 2.14 bits per heavy atom. The van der Waals surface area contributed by atoms with Gasteiger partial charge in [-0.25, -0.2) is 0 Å². The fourth-order valence-corrected chi connectivity index (χ4v) is 3.27. The van der Waals surface area contributed by atoms with E-state index in [2.05, 4.69) is 19.1 Å². The van der Waals surface area contributed by atoms with Crippen molar-refractivity contribution in [2.45, 2.75) is 44.9 Å². The Hall–Kier alpha value is -1.41. The average Bonchev–Trinajstić information content (AvgIpc) is 2.71. The highest BCUT2D eigenvalue weighted by atomic mass is 19.4. The Kier molecular flexibility index (Phi) is 7.51. The molecule has 28 heavy (non-hydrogen) atoms. The molecule has 0 amide bonds. The Balaban J connectivity index is 1.37. The number of allylic oxidation sites excluding steroid dienone is 1. The zero-order valence-corrected chi connectivity index (χ0v) is 16.0. The molecule has 2 saturated heterocycles. The second-order valence-electron chi connectivity index (χ2n) is 7.25. The Labute approximate surface area is 163 Å². The van der Waals surface area contributed by atoms with Crippen LogP contribution in [0.3, 0.4) is 0 Å². The van der Waals surface area contributed by atoms with Gasteiger partial charge in [0.1, 0.15) is 0 Å². The SMILES string of the molecule is CC/C=C/C1COC(CCC2COC(c3ccc(C(F)(F)F)cc3)OC2)OC1. The summed E-state index contributed by atoms with van der Waals surface area (Å²) in [6.45, 7) is 4.45. The van der Waals surface area contributed by atoms with Gasteiger partial charge in [0, 0.05) is 17.4 Å². The molecule has 0 radical (unpaired) electrons. The predicted molar refractivity (Wildman–Crippen MR) is 97.4 cm³/mol. The first-order chi connectivity index (χ1) is 13.5. The van der Waals surface area contributed by atoms with Gasteiger partial charge in [0.2, 0.25) is 0 Å². The molecular formula is C21H27F3O4. The fourth-order valence-electron chi connectivity index (χ4n) is 3.27. The van der Waals surface area contributed by atoms with Gasteiger partial charge in [0.15, 0.2) is 12.6 Å². The highest BCUT2D eigenvalue weighted by molar-refractivity contribution is 5.25. The minimum atomic E-state index is -4.34. The second kappa shape index (κ2) is 9.87. The Morgan fingerprint density at radius 2 is 1.57 bits per heavy atom. The third-order valence-corrected chi connectivity index (χ3v) is 4.92. The van der Waals surface area contributed by atoms with Gasteiger partial charge in [-0.2, -0.15) is 13.2 Å². The number of ether oxygens (including phenoxy) is 4. The van der Waals surface area contributed by atoms with Crippen LogP contribution in [0.2, 0.25) is 0 Å². The summed E-state index contributed by atoms with van der Waals surface area (Å²) in [6.07, 6.45) is 1.74. The maximum Gasteiger partial charge on any atom is 0.416 e. The first kappa shape index (κ1) is 21.3. The summed E-state index contributed by atoms with van der Waals surface area (Å²) < 4.78 is 60.9. The van der Waals surface area contributed by atoms with E-state index in [9.17, 15) is 13.2 Å². The summed E-state index contributed by atoms with van der Waals surface area (Å²) in [5.74, 6) is 0.539. The highest BCUT2D eigenvalue weighted by Crippen LogP contribution is 2.32. The van der Waals surface area contributed by atoms with E-state index in [4.69, 9.17) is 18.9 Å². The van der Waals surface area contributed by atoms with E-state index in [1.165, 1.54) is 12.1 Å². The van der Waals surface area contributed by atoms with Crippen molar-refractivity contribution in [1.29, 1.82) is 0 Å². The summed E-state index contributed by atoms with van der Waals surface area (Å²) >= 11 is 0. The molecule has 0 spiro atoms. The predicted octanol–water partition coefficient (Wildman–Crippen LogP) is 5.10. The van der Waals surface area contributed by atoms with Crippen LogP contribution in [-0.4, -0.2) is 32.7 Å². The maximum atomic E-state index is 12.6. The van der Waals surface area contributed by atoms with Crippen LogP contribution >= 0.6 is 0 Å². The summed E-state index contributed by atoms with van der Waals surface area (Å²) in [6, 6.07) is 4.91. The van der Waals surface area contributed by atoms with Gasteiger partial charge in [-0.15, -0.1) is 0 Å². The molecule has 3 rings (SSSR count). The van der Waals surface area contributed by atoms with E-state index < -0.39 is 18.0 Å². The minimum Gasteiger partial charge on any atom is -0.352 e. The molecule has 0 bridgehead atoms. The van der Waals surface area contributed by atoms with E-state index in [-0.39, 0.29) is 12.2 Å². The quantitative estimate of drug-likeness (QED) is 0.623. The van der Waals surface area contributed by atoms with Crippen molar-refractivity contribution in [3.05, 3.63) is 47.5 Å². The van der Waals surface area contributed by atoms with Crippen LogP contribution in [0.4, 0.5) is 13.2 Å². The lowest BCUT2D eigenvalue weighted by molar-refractivity contribution is -0.217. The smallest absolute Gasteiger partial charge is 0.352 e. The van der Waals surface area contributed by atoms with Crippen LogP contribution in [0.15, 0.2) is 36.4 Å². The van der Waals surface area contributed by atoms with E-state index in [1.807, 2.05) is 0 Å². The average molecular weight is 400 g/mol. The number of benzene rings is 1. The molecular weight excluding hydrogens is 373 g/mol. The standard InChI is InChI=1S/C21H27F3O4/c1-2-3-4-15-11-25-19(26-12-15)10-5-16-13-27-20(28-14-16)17-6-8-18(9-7-17)21(22,23)24/h3-4,6-9,15-16,19-20H,2,5,10-14H2,1H3/b4-3+. The first-order valence-electron chi connectivity index (χ1n) is 9.76. The molecule has 0 aliphatic carbocycles. The lowest BCUT2D eigenvalue weighted by Crippen LogP contribution is -2.33. The third-order valence-electron chi connectivity index (χ3n) is 4.92. The lowest BCUT2D eigenvalue weighted by Gasteiger charge is -2.32. The number of halogens is 3. The molecule has 7 heteroatoms. The van der Waals surface area contributed by atoms with Crippen molar-refractivity contribution < 1.29 is 32.1 Å². The van der Waals surface area contributed by atoms with Crippen molar-refractivity contribution in [1.82, 2.24) is 0 Å². The summed E-state index contributed by atoms with van der Waals surface area (Å²) in [4.78, 5) is 0. The number of rotatable bonds is 6. The third kappa shape index (κ3) is 6.04. The van der Waals surface area contributed by atoms with Gasteiger partial charge in [-0.05, 0) is 31.4 Å². The van der Waals surface area contributed by atoms with E-state index >= 15 is 0 Å². The molecule has 0 atom stereocenters. The molecule has 0 saturated carbocycles. The highest BCUT2D eigenvalue weighted by Gasteiger charge is 2.31. The van der Waals surface area contributed by atoms with Gasteiger partial charge >= 0.3 is 6.18 Å². The maximum absolute atomic E-state index is 12.6. The van der Waals surface area contributed by atoms with Crippen LogP contribution in [0.1, 0.15) is 43.6 Å². The number of hydrogen-bond donors (Lipinski definition) is 0. The molecule has 2 aliphatic heterocycles. The number of alkyl halides is 3. The van der Waals surface area contributed by atoms with Crippen molar-refractivity contribution >= 4 is 0 Å². The summed E-state index contributed by atoms with van der Waals surface area (Å²) in [5.41, 5.74) is -0.0820. The van der Waals surface area contributed by atoms with Crippen LogP contribution in [0, 0.1) is 11.8 Å². The van der Waals surface area contributed by atoms with Crippen LogP contribution in [0.5, 0.6) is 0 Å². The molecule has 1 aromatic rings. The van der Waals surface area contributed by atoms with Gasteiger partial charge in [-0.1, -0.05) is 31.2 Å². The van der Waals surface area contributed by atoms with Crippen molar-refractivity contribution in [3.63, 3.8) is 0 Å². The monoisotopic (exact) mass is 400 g/mol. The van der Waals surface area contributed by atoms with Crippen molar-refractivity contribution in [2.24, 2.45) is 11.8 Å². The van der Waals surface area contributed by atoms with Crippen LogP contribution in [0.25, 0.3) is 0 Å².